The smallest absolute Gasteiger partial charge is 0.310 e. The summed E-state index contributed by atoms with van der Waals surface area (Å²) in [6.07, 6.45) is 0.390. The summed E-state index contributed by atoms with van der Waals surface area (Å²) in [6, 6.07) is -0.616. The Morgan fingerprint density at radius 3 is 2.68 bits per heavy atom. The highest BCUT2D eigenvalue weighted by Crippen LogP contribution is 2.23. The molecule has 2 unspecified atom stereocenters. The zero-order chi connectivity index (χ0) is 14.5. The van der Waals surface area contributed by atoms with Crippen molar-refractivity contribution in [1.82, 2.24) is 4.31 Å². The van der Waals surface area contributed by atoms with Gasteiger partial charge in [-0.15, -0.1) is 0 Å². The summed E-state index contributed by atoms with van der Waals surface area (Å²) < 4.78 is 35.6. The van der Waals surface area contributed by atoms with Gasteiger partial charge in [0.2, 0.25) is 10.0 Å². The lowest BCUT2D eigenvalue weighted by molar-refractivity contribution is -0.142. The average molecular weight is 295 g/mol. The van der Waals surface area contributed by atoms with Crippen LogP contribution in [0.3, 0.4) is 0 Å². The Hall–Kier alpha value is -0.700. The molecule has 0 saturated carbocycles. The minimum absolute atomic E-state index is 0.0441. The van der Waals surface area contributed by atoms with Crippen molar-refractivity contribution in [2.75, 3.05) is 39.2 Å². The van der Waals surface area contributed by atoms with Crippen molar-refractivity contribution in [2.24, 2.45) is 5.92 Å². The predicted molar refractivity (Wildman–Crippen MR) is 68.4 cm³/mol. The van der Waals surface area contributed by atoms with Crippen LogP contribution in [0.4, 0.5) is 0 Å². The molecule has 112 valence electrons. The molecule has 1 N–H and O–H groups in total. The van der Waals surface area contributed by atoms with Crippen LogP contribution in [0.15, 0.2) is 0 Å². The second-order valence-electron chi connectivity index (χ2n) is 4.42. The van der Waals surface area contributed by atoms with E-state index in [9.17, 15) is 13.2 Å². The predicted octanol–water partition coefficient (Wildman–Crippen LogP) is -0.226. The molecule has 1 rings (SSSR count). The normalized spacial score (nSPS) is 23.9. The van der Waals surface area contributed by atoms with Crippen LogP contribution in [0, 0.1) is 5.92 Å². The van der Waals surface area contributed by atoms with Gasteiger partial charge in [-0.05, 0) is 6.42 Å². The fourth-order valence-corrected chi connectivity index (χ4v) is 3.93. The molecule has 0 aromatic rings. The van der Waals surface area contributed by atoms with Gasteiger partial charge in [-0.3, -0.25) is 4.79 Å². The molecule has 0 amide bonds. The number of carboxylic acids is 1. The number of methoxy groups -OCH3 is 1. The highest BCUT2D eigenvalue weighted by Gasteiger charge is 2.41. The Morgan fingerprint density at radius 1 is 1.47 bits per heavy atom. The molecule has 0 aromatic carbocycles. The lowest BCUT2D eigenvalue weighted by atomic mass is 10.0. The third kappa shape index (κ3) is 4.13. The topological polar surface area (TPSA) is 93.1 Å². The summed E-state index contributed by atoms with van der Waals surface area (Å²) in [7, 11) is -1.98. The molecule has 8 heteroatoms. The number of hydrogen-bond acceptors (Lipinski definition) is 5. The average Bonchev–Trinajstić information content (AvgIpc) is 2.78. The largest absolute Gasteiger partial charge is 0.481 e. The van der Waals surface area contributed by atoms with Crippen molar-refractivity contribution in [3.8, 4) is 0 Å². The zero-order valence-electron chi connectivity index (χ0n) is 11.2. The lowest BCUT2D eigenvalue weighted by Gasteiger charge is -2.28. The molecule has 1 aliphatic heterocycles. The Kier molecular flexibility index (Phi) is 6.18. The summed E-state index contributed by atoms with van der Waals surface area (Å²) in [5, 5.41) is 9.09. The van der Waals surface area contributed by atoms with E-state index in [0.717, 1.165) is 0 Å². The Labute approximate surface area is 113 Å². The van der Waals surface area contributed by atoms with Crippen molar-refractivity contribution >= 4 is 16.0 Å². The maximum atomic E-state index is 12.2. The maximum Gasteiger partial charge on any atom is 0.310 e. The van der Waals surface area contributed by atoms with Crippen LogP contribution in [-0.4, -0.2) is 69.1 Å². The Balaban J connectivity index is 2.78. The molecule has 1 heterocycles. The third-order valence-corrected chi connectivity index (χ3v) is 5.21. The summed E-state index contributed by atoms with van der Waals surface area (Å²) in [5.41, 5.74) is 0. The number of carbonyl (C=O) groups is 1. The standard InChI is InChI=1S/C11H21NO6S/c1-3-12(19(15,16)6-4-5-17-2)10-8-18-7-9(10)11(13)14/h9-10H,3-8H2,1-2H3,(H,13,14). The molecular weight excluding hydrogens is 274 g/mol. The van der Waals surface area contributed by atoms with Gasteiger partial charge >= 0.3 is 5.97 Å². The van der Waals surface area contributed by atoms with E-state index in [4.69, 9.17) is 14.6 Å². The van der Waals surface area contributed by atoms with E-state index in [0.29, 0.717) is 13.0 Å². The van der Waals surface area contributed by atoms with E-state index in [1.54, 1.807) is 6.92 Å². The van der Waals surface area contributed by atoms with E-state index in [2.05, 4.69) is 0 Å². The molecule has 1 aliphatic rings. The van der Waals surface area contributed by atoms with Gasteiger partial charge < -0.3 is 14.6 Å². The number of sulfonamides is 1. The summed E-state index contributed by atoms with van der Waals surface area (Å²) in [4.78, 5) is 11.1. The van der Waals surface area contributed by atoms with Crippen LogP contribution in [0.2, 0.25) is 0 Å². The number of hydrogen-bond donors (Lipinski definition) is 1. The highest BCUT2D eigenvalue weighted by molar-refractivity contribution is 7.89. The van der Waals surface area contributed by atoms with Gasteiger partial charge in [-0.1, -0.05) is 6.92 Å². The Morgan fingerprint density at radius 2 is 2.16 bits per heavy atom. The van der Waals surface area contributed by atoms with Gasteiger partial charge in [0, 0.05) is 20.3 Å². The molecule has 7 nitrogen and oxygen atoms in total. The number of carboxylic acid groups (broad SMARTS) is 1. The van der Waals surface area contributed by atoms with Gasteiger partial charge in [0.05, 0.1) is 30.9 Å². The molecule has 0 spiro atoms. The lowest BCUT2D eigenvalue weighted by Crippen LogP contribution is -2.47. The Bertz CT molecular complexity index is 396. The van der Waals surface area contributed by atoms with Gasteiger partial charge in [0.25, 0.3) is 0 Å². The molecule has 0 aliphatic carbocycles. The van der Waals surface area contributed by atoms with Crippen molar-refractivity contribution in [2.45, 2.75) is 19.4 Å². The van der Waals surface area contributed by atoms with E-state index >= 15 is 0 Å². The first-order chi connectivity index (χ1) is 8.94. The van der Waals surface area contributed by atoms with Crippen LogP contribution in [0.25, 0.3) is 0 Å². The van der Waals surface area contributed by atoms with Crippen LogP contribution >= 0.6 is 0 Å². The van der Waals surface area contributed by atoms with Crippen LogP contribution in [0.5, 0.6) is 0 Å². The van der Waals surface area contributed by atoms with E-state index in [1.165, 1.54) is 11.4 Å². The van der Waals surface area contributed by atoms with Crippen molar-refractivity contribution in [3.05, 3.63) is 0 Å². The van der Waals surface area contributed by atoms with Crippen molar-refractivity contribution in [1.29, 1.82) is 0 Å². The SMILES string of the molecule is CCN(C1COCC1C(=O)O)S(=O)(=O)CCCOC. The first kappa shape index (κ1) is 16.4. The van der Waals surface area contributed by atoms with Crippen LogP contribution < -0.4 is 0 Å². The van der Waals surface area contributed by atoms with Gasteiger partial charge in [0.1, 0.15) is 0 Å². The highest BCUT2D eigenvalue weighted by atomic mass is 32.2. The van der Waals surface area contributed by atoms with Crippen LogP contribution in [-0.2, 0) is 24.3 Å². The van der Waals surface area contributed by atoms with Gasteiger partial charge in [-0.25, -0.2) is 8.42 Å². The molecule has 2 atom stereocenters. The number of aliphatic carboxylic acids is 1. The minimum atomic E-state index is -3.48. The molecule has 0 bridgehead atoms. The number of nitrogens with zero attached hydrogens (tertiary/aromatic N) is 1. The van der Waals surface area contributed by atoms with Crippen molar-refractivity contribution in [3.63, 3.8) is 0 Å². The fourth-order valence-electron chi connectivity index (χ4n) is 2.20. The first-order valence-corrected chi connectivity index (χ1v) is 7.84. The molecular formula is C11H21NO6S. The molecule has 0 aromatic heterocycles. The molecule has 19 heavy (non-hydrogen) atoms. The monoisotopic (exact) mass is 295 g/mol. The zero-order valence-corrected chi connectivity index (χ0v) is 12.1. The molecule has 1 saturated heterocycles. The summed E-state index contributed by atoms with van der Waals surface area (Å²) in [5.74, 6) is -1.86. The quantitative estimate of drug-likeness (QED) is 0.622. The number of ether oxygens (including phenoxy) is 2. The van der Waals surface area contributed by atoms with Crippen molar-refractivity contribution < 1.29 is 27.8 Å². The van der Waals surface area contributed by atoms with Gasteiger partial charge in [-0.2, -0.15) is 4.31 Å². The van der Waals surface area contributed by atoms with Crippen LogP contribution in [0.1, 0.15) is 13.3 Å². The van der Waals surface area contributed by atoms with E-state index < -0.39 is 28.0 Å². The second-order valence-corrected chi connectivity index (χ2v) is 6.46. The van der Waals surface area contributed by atoms with E-state index in [1.807, 2.05) is 0 Å². The van der Waals surface area contributed by atoms with Gasteiger partial charge in [0.15, 0.2) is 0 Å². The third-order valence-electron chi connectivity index (χ3n) is 3.16. The number of rotatable bonds is 8. The summed E-state index contributed by atoms with van der Waals surface area (Å²) >= 11 is 0. The fraction of sp³-hybridized carbons (Fsp3) is 0.909. The maximum absolute atomic E-state index is 12.2. The summed E-state index contributed by atoms with van der Waals surface area (Å²) in [6.45, 7) is 2.50. The minimum Gasteiger partial charge on any atom is -0.481 e. The number of likely N-dealkylation sites (N-methyl/N-ethyl adjacent to an activating group) is 1. The van der Waals surface area contributed by atoms with E-state index in [-0.39, 0.29) is 25.5 Å². The molecule has 0 radical (unpaired) electrons. The molecule has 1 fully saturated rings. The second kappa shape index (κ2) is 7.18. The first-order valence-electron chi connectivity index (χ1n) is 6.23.